The Bertz CT molecular complexity index is 1420. The van der Waals surface area contributed by atoms with Gasteiger partial charge in [0.1, 0.15) is 17.9 Å². The van der Waals surface area contributed by atoms with E-state index in [-0.39, 0.29) is 31.7 Å². The van der Waals surface area contributed by atoms with Gasteiger partial charge in [-0.25, -0.2) is 4.79 Å². The minimum absolute atomic E-state index is 0.0374. The summed E-state index contributed by atoms with van der Waals surface area (Å²) in [6.07, 6.45) is 2.99. The predicted octanol–water partition coefficient (Wildman–Crippen LogP) is 3.95. The number of nitrogens with one attached hydrogen (secondary N) is 2. The van der Waals surface area contributed by atoms with Gasteiger partial charge in [-0.1, -0.05) is 75.4 Å². The van der Waals surface area contributed by atoms with Crippen LogP contribution in [0.1, 0.15) is 51.7 Å². The summed E-state index contributed by atoms with van der Waals surface area (Å²) in [5, 5.41) is 5.44. The fourth-order valence-corrected chi connectivity index (χ4v) is 4.75. The van der Waals surface area contributed by atoms with E-state index >= 15 is 0 Å². The van der Waals surface area contributed by atoms with Crippen LogP contribution in [0.3, 0.4) is 0 Å². The quantitative estimate of drug-likeness (QED) is 0.305. The Morgan fingerprint density at radius 1 is 1.00 bits per heavy atom. The average Bonchev–Trinajstić information content (AvgIpc) is 3.04. The summed E-state index contributed by atoms with van der Waals surface area (Å²) in [6.45, 7) is 6.46. The standard InChI is InChI=1S/C36H44N2O9/c1-23(2)20-32-36(43)46-30(31(45-25(4)39)19-16-26-10-7-6-8-11-26)12-9-13-33(40)38-29(21-27-14-17-28(44-5)18-15-27)34(41)37-22-24(3)35(42)47-32/h6-11,13-19,23-24,29-32H,12,20-22H2,1-5H3,(H,37,41)(H,38,40)/b13-9+,19-16+/t24-,29-,30+,31?,32+/m1/s1. The molecule has 1 aliphatic heterocycles. The van der Waals surface area contributed by atoms with E-state index < -0.39 is 60.0 Å². The molecule has 1 heterocycles. The first-order chi connectivity index (χ1) is 22.4. The minimum atomic E-state index is -1.25. The molecule has 0 bridgehead atoms. The van der Waals surface area contributed by atoms with Crippen LogP contribution in [-0.2, 0) is 44.6 Å². The molecule has 2 aromatic carbocycles. The molecule has 2 N–H and O–H groups in total. The third kappa shape index (κ3) is 12.4. The number of cyclic esters (lactones) is 2. The van der Waals surface area contributed by atoms with Crippen LogP contribution >= 0.6 is 0 Å². The van der Waals surface area contributed by atoms with Crippen molar-refractivity contribution in [1.29, 1.82) is 0 Å². The van der Waals surface area contributed by atoms with Gasteiger partial charge in [0.25, 0.3) is 0 Å². The second-order valence-corrected chi connectivity index (χ2v) is 11.8. The number of benzene rings is 2. The molecule has 3 rings (SSSR count). The molecule has 2 aromatic rings. The van der Waals surface area contributed by atoms with Crippen LogP contribution in [0.25, 0.3) is 6.08 Å². The normalized spacial score (nSPS) is 22.9. The summed E-state index contributed by atoms with van der Waals surface area (Å²) >= 11 is 0. The number of methoxy groups -OCH3 is 1. The monoisotopic (exact) mass is 648 g/mol. The molecule has 0 aliphatic carbocycles. The van der Waals surface area contributed by atoms with Crippen molar-refractivity contribution in [3.8, 4) is 5.75 Å². The molecule has 0 spiro atoms. The molecule has 0 radical (unpaired) electrons. The van der Waals surface area contributed by atoms with Crippen LogP contribution < -0.4 is 15.4 Å². The topological polar surface area (TPSA) is 146 Å². The number of rotatable bonds is 9. The average molecular weight is 649 g/mol. The van der Waals surface area contributed by atoms with E-state index in [2.05, 4.69) is 10.6 Å². The van der Waals surface area contributed by atoms with E-state index in [1.54, 1.807) is 50.5 Å². The Labute approximate surface area is 275 Å². The number of esters is 3. The Balaban J connectivity index is 1.96. The maximum absolute atomic E-state index is 13.5. The molecule has 11 heteroatoms. The fourth-order valence-electron chi connectivity index (χ4n) is 4.75. The lowest BCUT2D eigenvalue weighted by Gasteiger charge is -2.27. The zero-order valence-corrected chi connectivity index (χ0v) is 27.5. The van der Waals surface area contributed by atoms with Crippen LogP contribution in [-0.4, -0.2) is 67.7 Å². The zero-order valence-electron chi connectivity index (χ0n) is 27.5. The van der Waals surface area contributed by atoms with Gasteiger partial charge in [-0.05, 0) is 47.8 Å². The van der Waals surface area contributed by atoms with Crippen molar-refractivity contribution in [2.45, 2.75) is 71.3 Å². The zero-order chi connectivity index (χ0) is 34.3. The van der Waals surface area contributed by atoms with E-state index in [1.165, 1.54) is 19.1 Å². The van der Waals surface area contributed by atoms with Crippen molar-refractivity contribution in [2.75, 3.05) is 13.7 Å². The number of hydrogen-bond acceptors (Lipinski definition) is 9. The van der Waals surface area contributed by atoms with Crippen LogP contribution in [0.2, 0.25) is 0 Å². The van der Waals surface area contributed by atoms with Crippen molar-refractivity contribution in [1.82, 2.24) is 10.6 Å². The summed E-state index contributed by atoms with van der Waals surface area (Å²) in [7, 11) is 1.55. The SMILES string of the molecule is COc1ccc(C[C@H]2NC(=O)/C=C/C[C@@H](C(/C=C/c3ccccc3)OC(C)=O)OC(=O)[C@H](CC(C)C)OC(=O)[C@H](C)CNC2=O)cc1. The largest absolute Gasteiger partial charge is 0.497 e. The number of carbonyl (C=O) groups is 5. The van der Waals surface area contributed by atoms with Gasteiger partial charge >= 0.3 is 17.9 Å². The van der Waals surface area contributed by atoms with Gasteiger partial charge in [0.15, 0.2) is 12.2 Å². The maximum atomic E-state index is 13.5. The van der Waals surface area contributed by atoms with E-state index in [0.29, 0.717) is 5.75 Å². The van der Waals surface area contributed by atoms with E-state index in [1.807, 2.05) is 44.2 Å². The summed E-state index contributed by atoms with van der Waals surface area (Å²) < 4.78 is 22.3. The molecule has 0 saturated carbocycles. The lowest BCUT2D eigenvalue weighted by atomic mass is 10.0. The lowest BCUT2D eigenvalue weighted by Crippen LogP contribution is -2.49. The third-order valence-corrected chi connectivity index (χ3v) is 7.28. The van der Waals surface area contributed by atoms with E-state index in [0.717, 1.165) is 11.1 Å². The number of amides is 2. The molecule has 47 heavy (non-hydrogen) atoms. The highest BCUT2D eigenvalue weighted by molar-refractivity contribution is 5.93. The van der Waals surface area contributed by atoms with Gasteiger partial charge in [-0.3, -0.25) is 19.2 Å². The van der Waals surface area contributed by atoms with Gasteiger partial charge in [0.2, 0.25) is 11.8 Å². The van der Waals surface area contributed by atoms with Crippen molar-refractivity contribution in [2.24, 2.45) is 11.8 Å². The highest BCUT2D eigenvalue weighted by atomic mass is 16.6. The summed E-state index contributed by atoms with van der Waals surface area (Å²) in [5.41, 5.74) is 1.59. The van der Waals surface area contributed by atoms with Crippen molar-refractivity contribution in [3.63, 3.8) is 0 Å². The molecule has 0 fully saturated rings. The Kier molecular flexibility index (Phi) is 14.2. The Morgan fingerprint density at radius 3 is 2.34 bits per heavy atom. The summed E-state index contributed by atoms with van der Waals surface area (Å²) in [5.74, 6) is -3.39. The fraction of sp³-hybridized carbons (Fsp3) is 0.417. The molecular formula is C36H44N2O9. The molecule has 252 valence electrons. The number of ether oxygens (including phenoxy) is 4. The summed E-state index contributed by atoms with van der Waals surface area (Å²) in [6, 6.07) is 15.4. The highest BCUT2D eigenvalue weighted by Gasteiger charge is 2.33. The maximum Gasteiger partial charge on any atom is 0.347 e. The van der Waals surface area contributed by atoms with Crippen LogP contribution in [0.4, 0.5) is 0 Å². The third-order valence-electron chi connectivity index (χ3n) is 7.28. The molecular weight excluding hydrogens is 604 g/mol. The minimum Gasteiger partial charge on any atom is -0.497 e. The molecule has 2 amide bonds. The first-order valence-electron chi connectivity index (χ1n) is 15.6. The molecule has 5 atom stereocenters. The summed E-state index contributed by atoms with van der Waals surface area (Å²) in [4.78, 5) is 65.1. The van der Waals surface area contributed by atoms with Crippen molar-refractivity contribution >= 4 is 35.8 Å². The first-order valence-corrected chi connectivity index (χ1v) is 15.6. The van der Waals surface area contributed by atoms with E-state index in [4.69, 9.17) is 18.9 Å². The first kappa shape index (κ1) is 36.5. The van der Waals surface area contributed by atoms with Crippen molar-refractivity contribution < 1.29 is 42.9 Å². The lowest BCUT2D eigenvalue weighted by molar-refractivity contribution is -0.179. The molecule has 1 aliphatic rings. The van der Waals surface area contributed by atoms with Crippen LogP contribution in [0.5, 0.6) is 5.75 Å². The van der Waals surface area contributed by atoms with Gasteiger partial charge in [0.05, 0.1) is 13.0 Å². The molecule has 0 aromatic heterocycles. The van der Waals surface area contributed by atoms with Crippen LogP contribution in [0, 0.1) is 11.8 Å². The molecule has 1 unspecified atom stereocenters. The second kappa shape index (κ2) is 18.3. The smallest absolute Gasteiger partial charge is 0.347 e. The van der Waals surface area contributed by atoms with Gasteiger partial charge in [-0.2, -0.15) is 0 Å². The number of hydrogen-bond donors (Lipinski definition) is 2. The Hall–Kier alpha value is -4.93. The molecule has 0 saturated heterocycles. The number of carbonyl (C=O) groups excluding carboxylic acids is 5. The van der Waals surface area contributed by atoms with Crippen molar-refractivity contribution in [3.05, 3.63) is 84.0 Å². The van der Waals surface area contributed by atoms with Gasteiger partial charge in [0, 0.05) is 26.3 Å². The predicted molar refractivity (Wildman–Crippen MR) is 175 cm³/mol. The molecule has 11 nitrogen and oxygen atoms in total. The van der Waals surface area contributed by atoms with Crippen LogP contribution in [0.15, 0.2) is 72.8 Å². The Morgan fingerprint density at radius 2 is 1.70 bits per heavy atom. The van der Waals surface area contributed by atoms with Gasteiger partial charge in [-0.15, -0.1) is 0 Å². The second-order valence-electron chi connectivity index (χ2n) is 11.8. The van der Waals surface area contributed by atoms with E-state index in [9.17, 15) is 24.0 Å². The highest BCUT2D eigenvalue weighted by Crippen LogP contribution is 2.20. The van der Waals surface area contributed by atoms with Gasteiger partial charge < -0.3 is 29.6 Å².